The predicted octanol–water partition coefficient (Wildman–Crippen LogP) is 4.78. The van der Waals surface area contributed by atoms with Gasteiger partial charge in [-0.1, -0.05) is 72.8 Å². The van der Waals surface area contributed by atoms with E-state index in [1.807, 2.05) is 36.4 Å². The fraction of sp³-hybridized carbons (Fsp3) is 0.100. The molecule has 0 saturated heterocycles. The average molecular weight is 300 g/mol. The summed E-state index contributed by atoms with van der Waals surface area (Å²) >= 11 is 0. The van der Waals surface area contributed by atoms with E-state index < -0.39 is 0 Å². The molecule has 3 aromatic carbocycles. The Bertz CT molecular complexity index is 709. The summed E-state index contributed by atoms with van der Waals surface area (Å²) in [5.74, 6) is 1.91. The Morgan fingerprint density at radius 2 is 1.04 bits per heavy atom. The largest absolute Gasteiger partial charge is 0.595 e. The van der Waals surface area contributed by atoms with Crippen molar-refractivity contribution >= 4 is 7.12 Å². The molecule has 0 aromatic heterocycles. The third-order valence-corrected chi connectivity index (χ3v) is 4.20. The van der Waals surface area contributed by atoms with E-state index in [2.05, 4.69) is 48.5 Å². The molecule has 0 unspecified atom stereocenters. The Hall–Kier alpha value is -2.68. The number of hydrogen-bond donors (Lipinski definition) is 0. The van der Waals surface area contributed by atoms with E-state index >= 15 is 0 Å². The van der Waals surface area contributed by atoms with Crippen LogP contribution < -0.4 is 9.31 Å². The van der Waals surface area contributed by atoms with E-state index in [0.717, 1.165) is 17.8 Å². The summed E-state index contributed by atoms with van der Waals surface area (Å²) in [7, 11) is -0.252. The van der Waals surface area contributed by atoms with Gasteiger partial charge >= 0.3 is 7.12 Å². The quantitative estimate of drug-likeness (QED) is 0.646. The maximum absolute atomic E-state index is 5.96. The molecule has 0 aliphatic carbocycles. The van der Waals surface area contributed by atoms with E-state index in [1.54, 1.807) is 0 Å². The molecule has 0 amide bonds. The monoisotopic (exact) mass is 300 g/mol. The molecule has 1 heterocycles. The lowest BCUT2D eigenvalue weighted by Gasteiger charge is -2.18. The highest BCUT2D eigenvalue weighted by molar-refractivity contribution is 6.48. The van der Waals surface area contributed by atoms with Crippen LogP contribution in [0.25, 0.3) is 0 Å². The molecule has 3 heteroatoms. The van der Waals surface area contributed by atoms with Crippen LogP contribution in [0.3, 0.4) is 0 Å². The van der Waals surface area contributed by atoms with Crippen molar-refractivity contribution in [2.45, 2.75) is 12.2 Å². The van der Waals surface area contributed by atoms with Crippen LogP contribution in [0.4, 0.5) is 0 Å². The fourth-order valence-corrected chi connectivity index (χ4v) is 3.08. The Balaban J connectivity index is 1.60. The van der Waals surface area contributed by atoms with Crippen LogP contribution in [0.2, 0.25) is 6.32 Å². The predicted molar refractivity (Wildman–Crippen MR) is 93.0 cm³/mol. The molecule has 0 radical (unpaired) electrons. The van der Waals surface area contributed by atoms with E-state index in [-0.39, 0.29) is 13.0 Å². The molecule has 112 valence electrons. The minimum atomic E-state index is -0.252. The van der Waals surface area contributed by atoms with E-state index in [1.165, 1.54) is 11.1 Å². The first-order chi connectivity index (χ1) is 11.4. The minimum Gasteiger partial charge on any atom is -0.523 e. The van der Waals surface area contributed by atoms with E-state index in [4.69, 9.17) is 9.31 Å². The Labute approximate surface area is 136 Å². The topological polar surface area (TPSA) is 18.5 Å². The first-order valence-corrected chi connectivity index (χ1v) is 7.92. The maximum Gasteiger partial charge on any atom is 0.595 e. The van der Waals surface area contributed by atoms with Gasteiger partial charge in [0.05, 0.1) is 0 Å². The second-order valence-corrected chi connectivity index (χ2v) is 5.72. The van der Waals surface area contributed by atoms with Gasteiger partial charge in [-0.3, -0.25) is 0 Å². The number of para-hydroxylation sites is 2. The van der Waals surface area contributed by atoms with Gasteiger partial charge in [-0.2, -0.15) is 0 Å². The lowest BCUT2D eigenvalue weighted by molar-refractivity contribution is 0.491. The summed E-state index contributed by atoms with van der Waals surface area (Å²) in [6.07, 6.45) is 0.780. The van der Waals surface area contributed by atoms with Gasteiger partial charge in [0, 0.05) is 12.2 Å². The Morgan fingerprint density at radius 1 is 0.609 bits per heavy atom. The summed E-state index contributed by atoms with van der Waals surface area (Å²) in [6, 6.07) is 28.9. The van der Waals surface area contributed by atoms with Crippen LogP contribution in [0.5, 0.6) is 11.5 Å². The highest BCUT2D eigenvalue weighted by atomic mass is 16.6. The van der Waals surface area contributed by atoms with Crippen LogP contribution in [0.1, 0.15) is 17.0 Å². The molecule has 2 nitrogen and oxygen atoms in total. The highest BCUT2D eigenvalue weighted by Crippen LogP contribution is 2.37. The van der Waals surface area contributed by atoms with Gasteiger partial charge in [0.2, 0.25) is 0 Å². The van der Waals surface area contributed by atoms with Gasteiger partial charge in [0.15, 0.2) is 0 Å². The van der Waals surface area contributed by atoms with E-state index in [9.17, 15) is 0 Å². The summed E-state index contributed by atoms with van der Waals surface area (Å²) in [6.45, 7) is 0. The van der Waals surface area contributed by atoms with Crippen molar-refractivity contribution < 1.29 is 9.31 Å². The Kier molecular flexibility index (Phi) is 3.77. The third-order valence-electron chi connectivity index (χ3n) is 4.20. The van der Waals surface area contributed by atoms with Crippen molar-refractivity contribution in [3.05, 3.63) is 96.1 Å². The summed E-state index contributed by atoms with van der Waals surface area (Å²) < 4.78 is 11.9. The normalized spacial score (nSPS) is 12.7. The van der Waals surface area contributed by atoms with Crippen molar-refractivity contribution in [1.82, 2.24) is 0 Å². The summed E-state index contributed by atoms with van der Waals surface area (Å²) in [5, 5.41) is 0. The second kappa shape index (κ2) is 6.21. The summed E-state index contributed by atoms with van der Waals surface area (Å²) in [5.41, 5.74) is 2.56. The first kappa shape index (κ1) is 14.0. The maximum atomic E-state index is 5.96. The fourth-order valence-electron chi connectivity index (χ4n) is 3.08. The molecule has 4 rings (SSSR count). The first-order valence-electron chi connectivity index (χ1n) is 7.92. The van der Waals surface area contributed by atoms with Crippen LogP contribution >= 0.6 is 0 Å². The molecule has 1 aliphatic rings. The summed E-state index contributed by atoms with van der Waals surface area (Å²) in [4.78, 5) is 0. The highest BCUT2D eigenvalue weighted by Gasteiger charge is 2.35. The van der Waals surface area contributed by atoms with Crippen molar-refractivity contribution in [1.29, 1.82) is 0 Å². The minimum absolute atomic E-state index is 0.247. The zero-order valence-corrected chi connectivity index (χ0v) is 12.8. The van der Waals surface area contributed by atoms with E-state index in [0.29, 0.717) is 0 Å². The van der Waals surface area contributed by atoms with Gasteiger partial charge in [-0.25, -0.2) is 0 Å². The molecule has 3 aromatic rings. The second-order valence-electron chi connectivity index (χ2n) is 5.72. The number of benzene rings is 3. The molecule has 0 saturated carbocycles. The van der Waals surface area contributed by atoms with Crippen molar-refractivity contribution in [2.24, 2.45) is 0 Å². The van der Waals surface area contributed by atoms with Gasteiger partial charge in [-0.15, -0.1) is 0 Å². The molecule has 0 N–H and O–H groups in total. The standard InChI is InChI=1S/C20H17BO2/c1-3-9-16(10-4-1)18(17-11-5-2-6-12-17)15-21-22-19-13-7-8-14-20(19)23-21/h1-14,18H,15H2. The molecular formula is C20H17BO2. The van der Waals surface area contributed by atoms with Crippen molar-refractivity contribution in [2.75, 3.05) is 0 Å². The zero-order chi connectivity index (χ0) is 15.5. The number of rotatable bonds is 4. The third kappa shape index (κ3) is 2.95. The molecule has 1 aliphatic heterocycles. The van der Waals surface area contributed by atoms with Crippen LogP contribution in [0.15, 0.2) is 84.9 Å². The average Bonchev–Trinajstić information content (AvgIpc) is 3.04. The molecule has 23 heavy (non-hydrogen) atoms. The number of fused-ring (bicyclic) bond motifs is 1. The molecule has 0 fully saturated rings. The molecule has 0 bridgehead atoms. The van der Waals surface area contributed by atoms with Gasteiger partial charge < -0.3 is 9.31 Å². The lowest BCUT2D eigenvalue weighted by atomic mass is 9.72. The van der Waals surface area contributed by atoms with Gasteiger partial charge in [-0.05, 0) is 23.3 Å². The SMILES string of the molecule is c1ccc(C(CB2Oc3ccccc3O2)c2ccccc2)cc1. The van der Waals surface area contributed by atoms with Crippen LogP contribution in [-0.2, 0) is 0 Å². The Morgan fingerprint density at radius 3 is 1.52 bits per heavy atom. The van der Waals surface area contributed by atoms with Crippen LogP contribution in [-0.4, -0.2) is 7.12 Å². The lowest BCUT2D eigenvalue weighted by Crippen LogP contribution is -2.27. The van der Waals surface area contributed by atoms with Gasteiger partial charge in [0.25, 0.3) is 0 Å². The molecule has 0 atom stereocenters. The van der Waals surface area contributed by atoms with Gasteiger partial charge in [0.1, 0.15) is 11.5 Å². The molecule has 0 spiro atoms. The zero-order valence-electron chi connectivity index (χ0n) is 12.8. The molecular weight excluding hydrogens is 283 g/mol. The van der Waals surface area contributed by atoms with Crippen LogP contribution in [0, 0.1) is 0 Å². The van der Waals surface area contributed by atoms with Crippen molar-refractivity contribution in [3.8, 4) is 11.5 Å². The number of hydrogen-bond acceptors (Lipinski definition) is 2. The van der Waals surface area contributed by atoms with Crippen molar-refractivity contribution in [3.63, 3.8) is 0 Å². The smallest absolute Gasteiger partial charge is 0.523 e.